The summed E-state index contributed by atoms with van der Waals surface area (Å²) < 4.78 is 53.0. The van der Waals surface area contributed by atoms with E-state index in [1.54, 1.807) is 36.4 Å². The number of hydrogen-bond donors (Lipinski definition) is 0. The van der Waals surface area contributed by atoms with Crippen LogP contribution in [-0.2, 0) is 19.7 Å². The van der Waals surface area contributed by atoms with Crippen LogP contribution in [0.1, 0.15) is 11.1 Å². The molecule has 0 fully saturated rings. The van der Waals surface area contributed by atoms with Crippen molar-refractivity contribution < 1.29 is 16.8 Å². The van der Waals surface area contributed by atoms with Crippen molar-refractivity contribution in [3.8, 4) is 0 Å². The van der Waals surface area contributed by atoms with Gasteiger partial charge in [-0.3, -0.25) is 0 Å². The molecule has 4 nitrogen and oxygen atoms in total. The van der Waals surface area contributed by atoms with Gasteiger partial charge in [0.1, 0.15) is 0 Å². The standard InChI is InChI=1S/C24H23BrO4S3/c1-18-3-9-21(10-4-18)30-17-24(32(28,29)23-13-7-20(25)8-14-23)15-16-31(26,27)22-11-5-19(2)6-12-22/h3-15H,16-17H2,1-2H3/b24-15-. The highest BCUT2D eigenvalue weighted by Gasteiger charge is 2.23. The van der Waals surface area contributed by atoms with E-state index in [1.165, 1.54) is 30.0 Å². The third kappa shape index (κ3) is 6.34. The third-order valence-corrected chi connectivity index (χ3v) is 10.0. The average Bonchev–Trinajstić information content (AvgIpc) is 2.75. The van der Waals surface area contributed by atoms with Gasteiger partial charge in [0.25, 0.3) is 0 Å². The molecule has 0 bridgehead atoms. The summed E-state index contributed by atoms with van der Waals surface area (Å²) in [5.74, 6) is -0.263. The molecule has 0 amide bonds. The lowest BCUT2D eigenvalue weighted by atomic mass is 10.2. The highest BCUT2D eigenvalue weighted by Crippen LogP contribution is 2.28. The predicted molar refractivity (Wildman–Crippen MR) is 135 cm³/mol. The molecular weight excluding hydrogens is 528 g/mol. The summed E-state index contributed by atoms with van der Waals surface area (Å²) in [5.41, 5.74) is 2.06. The zero-order chi connectivity index (χ0) is 23.4. The Balaban J connectivity index is 1.94. The summed E-state index contributed by atoms with van der Waals surface area (Å²) >= 11 is 4.67. The molecule has 0 N–H and O–H groups in total. The Labute approximate surface area is 202 Å². The number of thioether (sulfide) groups is 1. The number of sulfone groups is 2. The number of hydrogen-bond acceptors (Lipinski definition) is 5. The quantitative estimate of drug-likeness (QED) is 0.322. The minimum Gasteiger partial charge on any atom is -0.223 e. The Morgan fingerprint density at radius 1 is 0.781 bits per heavy atom. The summed E-state index contributed by atoms with van der Waals surface area (Å²) in [4.78, 5) is 1.28. The average molecular weight is 552 g/mol. The van der Waals surface area contributed by atoms with Crippen LogP contribution in [0, 0.1) is 13.8 Å². The van der Waals surface area contributed by atoms with Crippen LogP contribution in [0.2, 0.25) is 0 Å². The molecule has 3 aromatic rings. The molecule has 168 valence electrons. The maximum atomic E-state index is 13.3. The first-order valence-corrected chi connectivity index (χ1v) is 14.7. The van der Waals surface area contributed by atoms with Gasteiger partial charge in [0.2, 0.25) is 9.84 Å². The van der Waals surface area contributed by atoms with E-state index in [1.807, 2.05) is 38.1 Å². The van der Waals surface area contributed by atoms with Crippen molar-refractivity contribution in [1.29, 1.82) is 0 Å². The lowest BCUT2D eigenvalue weighted by Gasteiger charge is -2.11. The van der Waals surface area contributed by atoms with Crippen LogP contribution >= 0.6 is 27.7 Å². The Morgan fingerprint density at radius 3 is 1.84 bits per heavy atom. The van der Waals surface area contributed by atoms with Crippen molar-refractivity contribution >= 4 is 47.4 Å². The third-order valence-electron chi connectivity index (χ3n) is 4.78. The van der Waals surface area contributed by atoms with Crippen molar-refractivity contribution in [3.63, 3.8) is 0 Å². The zero-order valence-electron chi connectivity index (χ0n) is 17.7. The van der Waals surface area contributed by atoms with Gasteiger partial charge in [-0.1, -0.05) is 57.4 Å². The Kier molecular flexibility index (Phi) is 8.03. The van der Waals surface area contributed by atoms with E-state index in [4.69, 9.17) is 0 Å². The lowest BCUT2D eigenvalue weighted by Crippen LogP contribution is -2.11. The first-order chi connectivity index (χ1) is 15.1. The molecule has 0 radical (unpaired) electrons. The molecule has 32 heavy (non-hydrogen) atoms. The normalized spacial score (nSPS) is 12.7. The lowest BCUT2D eigenvalue weighted by molar-refractivity contribution is 0.599. The minimum atomic E-state index is -3.85. The van der Waals surface area contributed by atoms with E-state index >= 15 is 0 Å². The SMILES string of the molecule is Cc1ccc(SC/C(=C/CS(=O)(=O)c2ccc(C)cc2)S(=O)(=O)c2ccc(Br)cc2)cc1. The monoisotopic (exact) mass is 550 g/mol. The fraction of sp³-hybridized carbons (Fsp3) is 0.167. The minimum absolute atomic E-state index is 0.0704. The van der Waals surface area contributed by atoms with Crippen LogP contribution < -0.4 is 0 Å². The maximum Gasteiger partial charge on any atom is 0.203 e. The zero-order valence-corrected chi connectivity index (χ0v) is 21.7. The maximum absolute atomic E-state index is 13.3. The molecule has 0 aliphatic heterocycles. The summed E-state index contributed by atoms with van der Waals surface area (Å²) in [6, 6.07) is 20.6. The Morgan fingerprint density at radius 2 is 1.28 bits per heavy atom. The summed E-state index contributed by atoms with van der Waals surface area (Å²) in [7, 11) is -7.52. The highest BCUT2D eigenvalue weighted by atomic mass is 79.9. The summed E-state index contributed by atoms with van der Waals surface area (Å²) in [6.07, 6.45) is 1.33. The van der Waals surface area contributed by atoms with Crippen LogP contribution in [0.4, 0.5) is 0 Å². The largest absolute Gasteiger partial charge is 0.223 e. The van der Waals surface area contributed by atoms with Gasteiger partial charge >= 0.3 is 0 Å². The van der Waals surface area contributed by atoms with Crippen LogP contribution in [0.25, 0.3) is 0 Å². The fourth-order valence-corrected chi connectivity index (χ4v) is 7.03. The Hall–Kier alpha value is -1.87. The van der Waals surface area contributed by atoms with Crippen molar-refractivity contribution in [1.82, 2.24) is 0 Å². The molecule has 0 aliphatic carbocycles. The van der Waals surface area contributed by atoms with Crippen LogP contribution in [-0.4, -0.2) is 28.3 Å². The fourth-order valence-electron chi connectivity index (χ4n) is 2.84. The van der Waals surface area contributed by atoms with Crippen molar-refractivity contribution in [2.75, 3.05) is 11.5 Å². The molecular formula is C24H23BrO4S3. The van der Waals surface area contributed by atoms with Crippen molar-refractivity contribution in [2.45, 2.75) is 28.5 Å². The van der Waals surface area contributed by atoms with Gasteiger partial charge in [0.15, 0.2) is 9.84 Å². The second-order valence-corrected chi connectivity index (χ2v) is 13.3. The molecule has 0 atom stereocenters. The number of aryl methyl sites for hydroxylation is 2. The van der Waals surface area contributed by atoms with E-state index in [0.717, 1.165) is 20.5 Å². The molecule has 0 spiro atoms. The highest BCUT2D eigenvalue weighted by molar-refractivity contribution is 9.10. The molecule has 3 aromatic carbocycles. The summed E-state index contributed by atoms with van der Waals surface area (Å²) in [6.45, 7) is 3.86. The Bertz CT molecular complexity index is 1310. The van der Waals surface area contributed by atoms with E-state index in [9.17, 15) is 16.8 Å². The molecule has 0 saturated carbocycles. The predicted octanol–water partition coefficient (Wildman–Crippen LogP) is 5.99. The molecule has 8 heteroatoms. The molecule has 3 rings (SSSR count). The van der Waals surface area contributed by atoms with Gasteiger partial charge in [-0.2, -0.15) is 0 Å². The van der Waals surface area contributed by atoms with Crippen LogP contribution in [0.3, 0.4) is 0 Å². The molecule has 0 aromatic heterocycles. The van der Waals surface area contributed by atoms with Gasteiger partial charge in [0, 0.05) is 15.1 Å². The van der Waals surface area contributed by atoms with Gasteiger partial charge < -0.3 is 0 Å². The second kappa shape index (κ2) is 10.4. The molecule has 0 heterocycles. The molecule has 0 aliphatic rings. The van der Waals surface area contributed by atoms with Gasteiger partial charge in [-0.15, -0.1) is 11.8 Å². The summed E-state index contributed by atoms with van der Waals surface area (Å²) in [5, 5.41) is 0. The first-order valence-electron chi connectivity index (χ1n) is 9.76. The topological polar surface area (TPSA) is 68.3 Å². The van der Waals surface area contributed by atoms with E-state index in [0.29, 0.717) is 0 Å². The molecule has 0 unspecified atom stereocenters. The van der Waals surface area contributed by atoms with Crippen LogP contribution in [0.15, 0.2) is 103 Å². The van der Waals surface area contributed by atoms with Crippen molar-refractivity contribution in [3.05, 3.63) is 99.4 Å². The number of rotatable bonds is 8. The van der Waals surface area contributed by atoms with Crippen LogP contribution in [0.5, 0.6) is 0 Å². The van der Waals surface area contributed by atoms with Gasteiger partial charge in [-0.25, -0.2) is 16.8 Å². The van der Waals surface area contributed by atoms with E-state index in [-0.39, 0.29) is 20.4 Å². The van der Waals surface area contributed by atoms with E-state index in [2.05, 4.69) is 15.9 Å². The van der Waals surface area contributed by atoms with Gasteiger partial charge in [0.05, 0.1) is 20.4 Å². The first kappa shape index (κ1) is 24.8. The number of benzene rings is 3. The second-order valence-electron chi connectivity index (χ2n) is 7.32. The smallest absolute Gasteiger partial charge is 0.203 e. The van der Waals surface area contributed by atoms with Gasteiger partial charge in [-0.05, 0) is 62.4 Å². The number of halogens is 1. The van der Waals surface area contributed by atoms with E-state index < -0.39 is 25.4 Å². The van der Waals surface area contributed by atoms with Crippen molar-refractivity contribution in [2.24, 2.45) is 0 Å². The molecule has 0 saturated heterocycles.